The van der Waals surface area contributed by atoms with Crippen molar-refractivity contribution in [1.29, 1.82) is 0 Å². The van der Waals surface area contributed by atoms with Crippen molar-refractivity contribution in [2.75, 3.05) is 23.4 Å². The van der Waals surface area contributed by atoms with E-state index in [0.717, 1.165) is 28.3 Å². The average molecular weight is 615 g/mol. The van der Waals surface area contributed by atoms with Gasteiger partial charge in [0.25, 0.3) is 5.56 Å². The minimum absolute atomic E-state index is 0.00368. The number of rotatable bonds is 3. The van der Waals surface area contributed by atoms with E-state index in [-0.39, 0.29) is 48.1 Å². The van der Waals surface area contributed by atoms with Crippen molar-refractivity contribution >= 4 is 49.6 Å². The van der Waals surface area contributed by atoms with Gasteiger partial charge >= 0.3 is 0 Å². The van der Waals surface area contributed by atoms with Gasteiger partial charge in [-0.25, -0.2) is 8.42 Å². The van der Waals surface area contributed by atoms with Crippen molar-refractivity contribution in [2.24, 2.45) is 0 Å². The summed E-state index contributed by atoms with van der Waals surface area (Å²) in [6.07, 6.45) is 2.79. The summed E-state index contributed by atoms with van der Waals surface area (Å²) in [6.45, 7) is 5.19. The van der Waals surface area contributed by atoms with Crippen LogP contribution in [0.1, 0.15) is 47.2 Å². The van der Waals surface area contributed by atoms with Crippen molar-refractivity contribution in [3.05, 3.63) is 99.0 Å². The van der Waals surface area contributed by atoms with Gasteiger partial charge < -0.3 is 20.5 Å². The minimum atomic E-state index is -3.63. The number of carbonyl (C=O) groups is 3. The molecule has 1 unspecified atom stereocenters. The van der Waals surface area contributed by atoms with E-state index in [0.29, 0.717) is 27.9 Å². The summed E-state index contributed by atoms with van der Waals surface area (Å²) in [5.74, 6) is -0.893. The monoisotopic (exact) mass is 614 g/mol. The van der Waals surface area contributed by atoms with Crippen LogP contribution in [-0.4, -0.2) is 48.7 Å². The number of benzene rings is 3. The van der Waals surface area contributed by atoms with E-state index in [2.05, 4.69) is 15.6 Å². The molecule has 0 saturated heterocycles. The largest absolute Gasteiger partial charge is 0.372 e. The topological polar surface area (TPSA) is 146 Å². The number of anilines is 2. The first-order valence-corrected chi connectivity index (χ1v) is 16.1. The van der Waals surface area contributed by atoms with Gasteiger partial charge in [-0.3, -0.25) is 19.2 Å². The zero-order chi connectivity index (χ0) is 31.8. The molecule has 3 aromatic carbocycles. The lowest BCUT2D eigenvalue weighted by atomic mass is 9.91. The first kappa shape index (κ1) is 30.7. The first-order valence-electron chi connectivity index (χ1n) is 14.2. The molecule has 4 aromatic rings. The highest BCUT2D eigenvalue weighted by atomic mass is 32.2. The van der Waals surface area contributed by atoms with E-state index in [4.69, 9.17) is 0 Å². The molecule has 4 bridgehead atoms. The third-order valence-corrected chi connectivity index (χ3v) is 9.17. The Morgan fingerprint density at radius 2 is 1.66 bits per heavy atom. The van der Waals surface area contributed by atoms with E-state index in [1.165, 1.54) is 24.0 Å². The lowest BCUT2D eigenvalue weighted by molar-refractivity contribution is -0.133. The van der Waals surface area contributed by atoms with E-state index >= 15 is 0 Å². The fourth-order valence-corrected chi connectivity index (χ4v) is 6.64. The Morgan fingerprint density at radius 3 is 2.34 bits per heavy atom. The van der Waals surface area contributed by atoms with Gasteiger partial charge in [0.05, 0.1) is 4.90 Å². The molecule has 0 saturated carbocycles. The quantitative estimate of drug-likeness (QED) is 0.314. The zero-order valence-corrected chi connectivity index (χ0v) is 25.8. The highest BCUT2D eigenvalue weighted by Crippen LogP contribution is 2.30. The Balaban J connectivity index is 1.62. The second kappa shape index (κ2) is 12.1. The van der Waals surface area contributed by atoms with Crippen LogP contribution in [0.15, 0.2) is 70.5 Å². The van der Waals surface area contributed by atoms with Gasteiger partial charge in [-0.05, 0) is 89.9 Å². The molecule has 1 atom stereocenters. The Labute approximate surface area is 255 Å². The van der Waals surface area contributed by atoms with Crippen LogP contribution in [0.3, 0.4) is 0 Å². The number of pyridine rings is 1. The lowest BCUT2D eigenvalue weighted by Crippen LogP contribution is -2.36. The molecule has 0 fully saturated rings. The molecule has 0 radical (unpaired) electrons. The summed E-state index contributed by atoms with van der Waals surface area (Å²) < 4.78 is 25.2. The highest BCUT2D eigenvalue weighted by Gasteiger charge is 2.25. The third-order valence-electron chi connectivity index (χ3n) is 7.97. The van der Waals surface area contributed by atoms with Crippen LogP contribution >= 0.6 is 0 Å². The summed E-state index contributed by atoms with van der Waals surface area (Å²) in [7, 11) is -3.63. The number of ketones is 1. The maximum Gasteiger partial charge on any atom is 0.255 e. The van der Waals surface area contributed by atoms with E-state index < -0.39 is 21.8 Å². The van der Waals surface area contributed by atoms with Crippen LogP contribution in [0.2, 0.25) is 0 Å². The molecule has 3 heterocycles. The average Bonchev–Trinajstić information content (AvgIpc) is 2.95. The Hall–Kier alpha value is -4.77. The number of amides is 2. The smallest absolute Gasteiger partial charge is 0.255 e. The van der Waals surface area contributed by atoms with Crippen LogP contribution in [0.25, 0.3) is 10.8 Å². The molecule has 0 spiro atoms. The molecule has 6 rings (SSSR count). The molecule has 2 amide bonds. The molecule has 1 aromatic heterocycles. The SMILES string of the molecule is CC(=O)N1CC(=O)Nc2ccc(S(C)(=O)=O)c(c2)CCC(=O)C(Nc2ccc3cc[nH]c(=O)c3c2)c2cc(C)c(c(C)c2)C1. The third kappa shape index (κ3) is 6.57. The fourth-order valence-electron chi connectivity index (χ4n) is 5.69. The summed E-state index contributed by atoms with van der Waals surface area (Å²) in [4.78, 5) is 56.2. The zero-order valence-electron chi connectivity index (χ0n) is 25.0. The molecule has 2 aliphatic rings. The van der Waals surface area contributed by atoms with Gasteiger partial charge in [-0.15, -0.1) is 0 Å². The number of hydrogen-bond acceptors (Lipinski definition) is 7. The molecule has 11 heteroatoms. The van der Waals surface area contributed by atoms with Crippen LogP contribution in [0.4, 0.5) is 11.4 Å². The van der Waals surface area contributed by atoms with Crippen molar-refractivity contribution in [2.45, 2.75) is 51.1 Å². The summed E-state index contributed by atoms with van der Waals surface area (Å²) in [6, 6.07) is 14.5. The number of nitrogens with one attached hydrogen (secondary N) is 3. The number of aromatic nitrogens is 1. The Kier molecular flexibility index (Phi) is 8.42. The molecule has 10 nitrogen and oxygen atoms in total. The number of aryl methyl sites for hydroxylation is 3. The second-order valence-electron chi connectivity index (χ2n) is 11.3. The molecular formula is C33H34N4O6S. The lowest BCUT2D eigenvalue weighted by Gasteiger charge is -2.26. The molecule has 0 aliphatic carbocycles. The Bertz CT molecular complexity index is 1960. The van der Waals surface area contributed by atoms with Crippen LogP contribution < -0.4 is 16.2 Å². The number of Topliss-reactive ketones (excluding diaryl/α,β-unsaturated/α-hetero) is 1. The van der Waals surface area contributed by atoms with Crippen LogP contribution in [0, 0.1) is 13.8 Å². The number of nitrogens with zero attached hydrogens (tertiary/aromatic N) is 1. The van der Waals surface area contributed by atoms with Crippen molar-refractivity contribution in [1.82, 2.24) is 9.88 Å². The normalized spacial score (nSPS) is 16.2. The number of fused-ring (bicyclic) bond motifs is 10. The fraction of sp³-hybridized carbons (Fsp3) is 0.273. The van der Waals surface area contributed by atoms with Crippen LogP contribution in [-0.2, 0) is 37.2 Å². The van der Waals surface area contributed by atoms with Gasteiger partial charge in [0.15, 0.2) is 15.6 Å². The number of aromatic amines is 1. The van der Waals surface area contributed by atoms with Crippen molar-refractivity contribution < 1.29 is 22.8 Å². The van der Waals surface area contributed by atoms with Gasteiger partial charge in [0.2, 0.25) is 11.8 Å². The van der Waals surface area contributed by atoms with E-state index in [1.54, 1.807) is 36.5 Å². The number of carbonyl (C=O) groups excluding carboxylic acids is 3. The maximum absolute atomic E-state index is 14.0. The van der Waals surface area contributed by atoms with E-state index in [1.807, 2.05) is 26.0 Å². The summed E-state index contributed by atoms with van der Waals surface area (Å²) in [5, 5.41) is 7.33. The molecule has 228 valence electrons. The molecular weight excluding hydrogens is 580 g/mol. The van der Waals surface area contributed by atoms with E-state index in [9.17, 15) is 27.6 Å². The predicted octanol–water partition coefficient (Wildman–Crippen LogP) is 4.20. The van der Waals surface area contributed by atoms with Gasteiger partial charge in [0.1, 0.15) is 12.6 Å². The first-order chi connectivity index (χ1) is 20.8. The van der Waals surface area contributed by atoms with Crippen LogP contribution in [0.5, 0.6) is 0 Å². The van der Waals surface area contributed by atoms with Gasteiger partial charge in [-0.2, -0.15) is 0 Å². The molecule has 3 N–H and O–H groups in total. The Morgan fingerprint density at radius 1 is 0.932 bits per heavy atom. The highest BCUT2D eigenvalue weighted by molar-refractivity contribution is 7.90. The molecule has 2 aliphatic heterocycles. The van der Waals surface area contributed by atoms with Crippen molar-refractivity contribution in [3.63, 3.8) is 0 Å². The number of H-pyrrole nitrogens is 1. The predicted molar refractivity (Wildman–Crippen MR) is 169 cm³/mol. The summed E-state index contributed by atoms with van der Waals surface area (Å²) >= 11 is 0. The van der Waals surface area contributed by atoms with Crippen molar-refractivity contribution in [3.8, 4) is 0 Å². The summed E-state index contributed by atoms with van der Waals surface area (Å²) in [5.41, 5.74) is 4.34. The van der Waals surface area contributed by atoms with Gasteiger partial charge in [0, 0.05) is 49.1 Å². The maximum atomic E-state index is 14.0. The van der Waals surface area contributed by atoms with Gasteiger partial charge in [-0.1, -0.05) is 18.2 Å². The minimum Gasteiger partial charge on any atom is -0.372 e. The number of sulfone groups is 1. The molecule has 44 heavy (non-hydrogen) atoms. The second-order valence-corrected chi connectivity index (χ2v) is 13.3. The standard InChI is InChI=1S/C33H34N4O6S/c1-19-13-24-14-20(2)28(19)17-37(21(3)38)18-31(40)35-25-8-10-30(44(4,42)43)23(15-25)6-9-29(39)32(24)36-26-7-5-22-11-12-34-33(41)27(22)16-26/h5,7-8,10-16,32,36H,6,9,17-18H2,1-4H3,(H,34,41)(H,35,40). The number of hydrogen-bond donors (Lipinski definition) is 3.